The second-order valence-corrected chi connectivity index (χ2v) is 7.29. The third kappa shape index (κ3) is 4.26. The first-order valence-electron chi connectivity index (χ1n) is 8.95. The Morgan fingerprint density at radius 2 is 1.73 bits per heavy atom. The number of thiophene rings is 1. The summed E-state index contributed by atoms with van der Waals surface area (Å²) in [4.78, 5) is 29.2. The fraction of sp³-hybridized carbons (Fsp3) is 0.0476. The van der Waals surface area contributed by atoms with Gasteiger partial charge in [-0.25, -0.2) is 14.1 Å². The van der Waals surface area contributed by atoms with Gasteiger partial charge in [-0.2, -0.15) is 0 Å². The highest BCUT2D eigenvalue weighted by atomic mass is 32.1. The van der Waals surface area contributed by atoms with Crippen molar-refractivity contribution < 1.29 is 14.0 Å². The molecule has 9 heteroatoms. The van der Waals surface area contributed by atoms with Gasteiger partial charge in [0, 0.05) is 18.3 Å². The van der Waals surface area contributed by atoms with E-state index in [0.29, 0.717) is 22.9 Å². The van der Waals surface area contributed by atoms with Gasteiger partial charge >= 0.3 is 0 Å². The van der Waals surface area contributed by atoms with E-state index in [1.807, 2.05) is 17.5 Å². The standard InChI is InChI=1S/C21H16FN5O2S/c1-13(28)23-15-4-2-5-16(12-15)24-21(29)19-25-20(18-6-3-11-30-18)27(26-19)17-9-7-14(22)8-10-17/h2-12H,1H3,(H,23,28)(H,24,29). The van der Waals surface area contributed by atoms with Crippen LogP contribution in [-0.4, -0.2) is 26.6 Å². The Morgan fingerprint density at radius 1 is 1.00 bits per heavy atom. The van der Waals surface area contributed by atoms with Crippen molar-refractivity contribution in [3.63, 3.8) is 0 Å². The number of aromatic nitrogens is 3. The van der Waals surface area contributed by atoms with E-state index in [2.05, 4.69) is 20.7 Å². The lowest BCUT2D eigenvalue weighted by Crippen LogP contribution is -2.14. The van der Waals surface area contributed by atoms with Crippen molar-refractivity contribution in [1.29, 1.82) is 0 Å². The lowest BCUT2D eigenvalue weighted by molar-refractivity contribution is -0.114. The molecule has 4 aromatic rings. The average molecular weight is 421 g/mol. The molecule has 0 aliphatic rings. The maximum absolute atomic E-state index is 13.3. The molecule has 0 radical (unpaired) electrons. The maximum Gasteiger partial charge on any atom is 0.295 e. The molecule has 0 saturated heterocycles. The number of hydrogen-bond acceptors (Lipinski definition) is 5. The summed E-state index contributed by atoms with van der Waals surface area (Å²) in [6.07, 6.45) is 0. The Hall–Kier alpha value is -3.85. The van der Waals surface area contributed by atoms with Gasteiger partial charge in [0.1, 0.15) is 5.82 Å². The van der Waals surface area contributed by atoms with Crippen LogP contribution in [0.4, 0.5) is 15.8 Å². The molecule has 0 bridgehead atoms. The lowest BCUT2D eigenvalue weighted by atomic mass is 10.2. The van der Waals surface area contributed by atoms with Gasteiger partial charge in [0.05, 0.1) is 10.6 Å². The van der Waals surface area contributed by atoms with E-state index in [1.165, 1.54) is 35.1 Å². The van der Waals surface area contributed by atoms with Crippen LogP contribution in [0.25, 0.3) is 16.4 Å². The maximum atomic E-state index is 13.3. The molecule has 2 amide bonds. The Kier molecular flexibility index (Phi) is 5.36. The van der Waals surface area contributed by atoms with Gasteiger partial charge in [-0.15, -0.1) is 16.4 Å². The summed E-state index contributed by atoms with van der Waals surface area (Å²) >= 11 is 1.46. The topological polar surface area (TPSA) is 88.9 Å². The molecule has 2 aromatic carbocycles. The molecule has 0 aliphatic heterocycles. The minimum atomic E-state index is -0.506. The number of benzene rings is 2. The van der Waals surface area contributed by atoms with Crippen LogP contribution in [0.2, 0.25) is 0 Å². The van der Waals surface area contributed by atoms with E-state index in [1.54, 1.807) is 36.4 Å². The number of halogens is 1. The van der Waals surface area contributed by atoms with Gasteiger partial charge in [-0.05, 0) is 53.9 Å². The molecule has 2 heterocycles. The number of nitrogens with zero attached hydrogens (tertiary/aromatic N) is 3. The molecule has 30 heavy (non-hydrogen) atoms. The van der Waals surface area contributed by atoms with E-state index in [0.717, 1.165) is 4.88 Å². The smallest absolute Gasteiger partial charge is 0.295 e. The van der Waals surface area contributed by atoms with Crippen LogP contribution in [0.15, 0.2) is 66.0 Å². The normalized spacial score (nSPS) is 10.6. The average Bonchev–Trinajstić information content (AvgIpc) is 3.38. The molecule has 0 fully saturated rings. The molecule has 4 rings (SSSR count). The van der Waals surface area contributed by atoms with Crippen LogP contribution in [0, 0.1) is 5.82 Å². The van der Waals surface area contributed by atoms with Gasteiger partial charge in [0.25, 0.3) is 5.91 Å². The van der Waals surface area contributed by atoms with Crippen molar-refractivity contribution in [3.8, 4) is 16.4 Å². The Bertz CT molecular complexity index is 1200. The van der Waals surface area contributed by atoms with Gasteiger partial charge in [-0.3, -0.25) is 9.59 Å². The lowest BCUT2D eigenvalue weighted by Gasteiger charge is -2.06. The number of hydrogen-bond donors (Lipinski definition) is 2. The molecule has 0 aliphatic carbocycles. The van der Waals surface area contributed by atoms with Crippen molar-refractivity contribution in [2.75, 3.05) is 10.6 Å². The molecule has 0 atom stereocenters. The predicted octanol–water partition coefficient (Wildman–Crippen LogP) is 4.35. The number of carbonyl (C=O) groups excluding carboxylic acids is 2. The summed E-state index contributed by atoms with van der Waals surface area (Å²) in [7, 11) is 0. The zero-order valence-corrected chi connectivity index (χ0v) is 16.6. The van der Waals surface area contributed by atoms with E-state index in [4.69, 9.17) is 0 Å². The van der Waals surface area contributed by atoms with Crippen LogP contribution in [0.3, 0.4) is 0 Å². The Balaban J connectivity index is 1.66. The van der Waals surface area contributed by atoms with Crippen LogP contribution >= 0.6 is 11.3 Å². The van der Waals surface area contributed by atoms with E-state index >= 15 is 0 Å². The highest BCUT2D eigenvalue weighted by Crippen LogP contribution is 2.26. The first-order valence-corrected chi connectivity index (χ1v) is 9.83. The van der Waals surface area contributed by atoms with Crippen LogP contribution in [-0.2, 0) is 4.79 Å². The van der Waals surface area contributed by atoms with Gasteiger partial charge in [0.15, 0.2) is 5.82 Å². The van der Waals surface area contributed by atoms with E-state index < -0.39 is 5.91 Å². The van der Waals surface area contributed by atoms with Crippen molar-refractivity contribution in [1.82, 2.24) is 14.8 Å². The molecule has 0 unspecified atom stereocenters. The number of nitrogens with one attached hydrogen (secondary N) is 2. The summed E-state index contributed by atoms with van der Waals surface area (Å²) < 4.78 is 14.8. The zero-order chi connectivity index (χ0) is 21.1. The van der Waals surface area contributed by atoms with E-state index in [9.17, 15) is 14.0 Å². The summed E-state index contributed by atoms with van der Waals surface area (Å²) in [6, 6.07) is 16.3. The Morgan fingerprint density at radius 3 is 2.40 bits per heavy atom. The van der Waals surface area contributed by atoms with Crippen LogP contribution < -0.4 is 10.6 Å². The van der Waals surface area contributed by atoms with E-state index in [-0.39, 0.29) is 17.5 Å². The van der Waals surface area contributed by atoms with Crippen molar-refractivity contribution in [2.24, 2.45) is 0 Å². The van der Waals surface area contributed by atoms with Gasteiger partial charge in [-0.1, -0.05) is 12.1 Å². The fourth-order valence-electron chi connectivity index (χ4n) is 2.80. The number of rotatable bonds is 5. The second kappa shape index (κ2) is 8.26. The highest BCUT2D eigenvalue weighted by molar-refractivity contribution is 7.13. The second-order valence-electron chi connectivity index (χ2n) is 6.34. The van der Waals surface area contributed by atoms with Crippen molar-refractivity contribution >= 4 is 34.5 Å². The summed E-state index contributed by atoms with van der Waals surface area (Å²) in [5, 5.41) is 11.6. The van der Waals surface area contributed by atoms with Gasteiger partial charge < -0.3 is 10.6 Å². The summed E-state index contributed by atoms with van der Waals surface area (Å²) in [5.74, 6) is -0.637. The molecule has 7 nitrogen and oxygen atoms in total. The quantitative estimate of drug-likeness (QED) is 0.502. The summed E-state index contributed by atoms with van der Waals surface area (Å²) in [5.41, 5.74) is 1.63. The molecule has 2 aromatic heterocycles. The van der Waals surface area contributed by atoms with Crippen LogP contribution in [0.1, 0.15) is 17.5 Å². The number of carbonyl (C=O) groups is 2. The minimum absolute atomic E-state index is 0.0346. The Labute approximate surface area is 175 Å². The highest BCUT2D eigenvalue weighted by Gasteiger charge is 2.19. The third-order valence-corrected chi connectivity index (χ3v) is 4.93. The monoisotopic (exact) mass is 421 g/mol. The summed E-state index contributed by atoms with van der Waals surface area (Å²) in [6.45, 7) is 1.41. The molecule has 2 N–H and O–H groups in total. The number of anilines is 2. The molecule has 150 valence electrons. The van der Waals surface area contributed by atoms with Crippen molar-refractivity contribution in [3.05, 3.63) is 77.7 Å². The fourth-order valence-corrected chi connectivity index (χ4v) is 3.50. The van der Waals surface area contributed by atoms with Crippen molar-refractivity contribution in [2.45, 2.75) is 6.92 Å². The minimum Gasteiger partial charge on any atom is -0.326 e. The molecular weight excluding hydrogens is 405 g/mol. The molecular formula is C21H16FN5O2S. The molecule has 0 saturated carbocycles. The zero-order valence-electron chi connectivity index (χ0n) is 15.8. The largest absolute Gasteiger partial charge is 0.326 e. The first kappa shape index (κ1) is 19.5. The van der Waals surface area contributed by atoms with Gasteiger partial charge in [0.2, 0.25) is 11.7 Å². The van der Waals surface area contributed by atoms with Crippen LogP contribution in [0.5, 0.6) is 0 Å². The third-order valence-electron chi connectivity index (χ3n) is 4.06. The number of amides is 2. The SMILES string of the molecule is CC(=O)Nc1cccc(NC(=O)c2nc(-c3cccs3)n(-c3ccc(F)cc3)n2)c1. The first-order chi connectivity index (χ1) is 14.5. The predicted molar refractivity (Wildman–Crippen MR) is 113 cm³/mol. The molecule has 0 spiro atoms.